The molecule has 0 aliphatic carbocycles. The Hall–Kier alpha value is -0.880. The lowest BCUT2D eigenvalue weighted by atomic mass is 10.3. The fourth-order valence-corrected chi connectivity index (χ4v) is 2.54. The molecule has 0 saturated carbocycles. The first-order chi connectivity index (χ1) is 9.62. The molecule has 5 nitrogen and oxygen atoms in total. The minimum Gasteiger partial charge on any atom is -0.468 e. The number of nitrogens with zero attached hydrogens (tertiary/aromatic N) is 1. The molecule has 1 fully saturated rings. The number of hydrogen-bond donors (Lipinski definition) is 1. The van der Waals surface area contributed by atoms with Crippen molar-refractivity contribution in [1.82, 2.24) is 10.2 Å². The highest BCUT2D eigenvalue weighted by molar-refractivity contribution is 5.13. The Morgan fingerprint density at radius 3 is 2.50 bits per heavy atom. The van der Waals surface area contributed by atoms with E-state index in [9.17, 15) is 0 Å². The van der Waals surface area contributed by atoms with E-state index < -0.39 is 0 Å². The van der Waals surface area contributed by atoms with Crippen molar-refractivity contribution < 1.29 is 13.9 Å². The Labute approximate surface area is 121 Å². The summed E-state index contributed by atoms with van der Waals surface area (Å²) in [7, 11) is 3.48. The summed E-state index contributed by atoms with van der Waals surface area (Å²) in [5.41, 5.74) is 1.19. The van der Waals surface area contributed by atoms with Crippen molar-refractivity contribution in [3.63, 3.8) is 0 Å². The van der Waals surface area contributed by atoms with E-state index in [1.165, 1.54) is 5.56 Å². The Kier molecular flexibility index (Phi) is 5.60. The average Bonchev–Trinajstić information content (AvgIpc) is 3.03. The molecule has 114 valence electrons. The molecular formula is C15H26N2O3. The third-order valence-electron chi connectivity index (χ3n) is 3.70. The molecule has 0 amide bonds. The van der Waals surface area contributed by atoms with Crippen LogP contribution in [0.1, 0.15) is 25.2 Å². The summed E-state index contributed by atoms with van der Waals surface area (Å²) in [4.78, 5) is 2.31. The summed E-state index contributed by atoms with van der Waals surface area (Å²) in [6.45, 7) is 7.70. The molecule has 2 heterocycles. The second-order valence-electron chi connectivity index (χ2n) is 5.70. The standard InChI is InChI=1S/C15H26N2O3/c1-11(2)16-6-12-5-13(20-10-12)7-17-8-14(18-3)15(9-17)19-4/h5,10-11,14-16H,6-9H2,1-4H3. The second kappa shape index (κ2) is 7.22. The molecule has 1 saturated heterocycles. The zero-order valence-corrected chi connectivity index (χ0v) is 12.9. The van der Waals surface area contributed by atoms with Gasteiger partial charge in [0.25, 0.3) is 0 Å². The maximum atomic E-state index is 5.63. The first-order valence-corrected chi connectivity index (χ1v) is 7.20. The molecule has 1 N–H and O–H groups in total. The minimum absolute atomic E-state index is 0.150. The van der Waals surface area contributed by atoms with E-state index >= 15 is 0 Å². The van der Waals surface area contributed by atoms with Crippen LogP contribution >= 0.6 is 0 Å². The van der Waals surface area contributed by atoms with E-state index in [2.05, 4.69) is 30.1 Å². The number of likely N-dealkylation sites (tertiary alicyclic amines) is 1. The molecule has 1 aliphatic heterocycles. The molecular weight excluding hydrogens is 256 g/mol. The van der Waals surface area contributed by atoms with Crippen LogP contribution in [0.3, 0.4) is 0 Å². The van der Waals surface area contributed by atoms with Gasteiger partial charge in [0.1, 0.15) is 5.76 Å². The van der Waals surface area contributed by atoms with Gasteiger partial charge in [0.2, 0.25) is 0 Å². The number of furan rings is 1. The molecule has 5 heteroatoms. The van der Waals surface area contributed by atoms with Crippen molar-refractivity contribution in [3.8, 4) is 0 Å². The van der Waals surface area contributed by atoms with Crippen molar-refractivity contribution in [3.05, 3.63) is 23.7 Å². The summed E-state index contributed by atoms with van der Waals surface area (Å²) in [5.74, 6) is 0.997. The molecule has 1 aromatic rings. The predicted octanol–water partition coefficient (Wildman–Crippen LogP) is 1.62. The highest BCUT2D eigenvalue weighted by Crippen LogP contribution is 2.19. The lowest BCUT2D eigenvalue weighted by Gasteiger charge is -2.13. The Morgan fingerprint density at radius 1 is 1.30 bits per heavy atom. The molecule has 0 aromatic carbocycles. The van der Waals surface area contributed by atoms with Crippen LogP contribution in [0.2, 0.25) is 0 Å². The summed E-state index contributed by atoms with van der Waals surface area (Å²) in [6, 6.07) is 2.61. The van der Waals surface area contributed by atoms with Crippen molar-refractivity contribution in [2.45, 2.75) is 45.2 Å². The molecule has 20 heavy (non-hydrogen) atoms. The van der Waals surface area contributed by atoms with Gasteiger partial charge in [-0.1, -0.05) is 13.8 Å². The van der Waals surface area contributed by atoms with Crippen LogP contribution in [0.4, 0.5) is 0 Å². The van der Waals surface area contributed by atoms with Gasteiger partial charge in [-0.3, -0.25) is 4.90 Å². The topological polar surface area (TPSA) is 46.9 Å². The zero-order chi connectivity index (χ0) is 14.5. The predicted molar refractivity (Wildman–Crippen MR) is 77.6 cm³/mol. The maximum absolute atomic E-state index is 5.63. The van der Waals surface area contributed by atoms with Crippen LogP contribution in [0.5, 0.6) is 0 Å². The first-order valence-electron chi connectivity index (χ1n) is 7.20. The first kappa shape index (κ1) is 15.5. The number of methoxy groups -OCH3 is 2. The number of rotatable bonds is 7. The number of ether oxygens (including phenoxy) is 2. The Balaban J connectivity index is 1.85. The van der Waals surface area contributed by atoms with E-state index in [1.807, 2.05) is 6.26 Å². The lowest BCUT2D eigenvalue weighted by molar-refractivity contribution is -0.00461. The van der Waals surface area contributed by atoms with Gasteiger partial charge in [-0.05, 0) is 6.07 Å². The third kappa shape index (κ3) is 4.06. The van der Waals surface area contributed by atoms with Crippen LogP contribution in [0, 0.1) is 0 Å². The van der Waals surface area contributed by atoms with Gasteiger partial charge >= 0.3 is 0 Å². The zero-order valence-electron chi connectivity index (χ0n) is 12.9. The van der Waals surface area contributed by atoms with Crippen molar-refractivity contribution >= 4 is 0 Å². The number of nitrogens with one attached hydrogen (secondary N) is 1. The Morgan fingerprint density at radius 2 is 1.95 bits per heavy atom. The molecule has 2 atom stereocenters. The maximum Gasteiger partial charge on any atom is 0.118 e. The Bertz CT molecular complexity index is 394. The lowest BCUT2D eigenvalue weighted by Crippen LogP contribution is -2.27. The third-order valence-corrected chi connectivity index (χ3v) is 3.70. The van der Waals surface area contributed by atoms with Crippen LogP contribution in [0.15, 0.2) is 16.7 Å². The summed E-state index contributed by atoms with van der Waals surface area (Å²) in [5, 5.41) is 3.39. The van der Waals surface area contributed by atoms with Gasteiger partial charge in [-0.15, -0.1) is 0 Å². The van der Waals surface area contributed by atoms with Crippen LogP contribution < -0.4 is 5.32 Å². The normalized spacial score (nSPS) is 23.9. The SMILES string of the molecule is COC1CN(Cc2cc(CNC(C)C)co2)CC1OC. The monoisotopic (exact) mass is 282 g/mol. The molecule has 2 rings (SSSR count). The van der Waals surface area contributed by atoms with Gasteiger partial charge in [-0.2, -0.15) is 0 Å². The van der Waals surface area contributed by atoms with Crippen LogP contribution in [-0.2, 0) is 22.6 Å². The molecule has 1 aliphatic rings. The quantitative estimate of drug-likeness (QED) is 0.823. The van der Waals surface area contributed by atoms with E-state index in [4.69, 9.17) is 13.9 Å². The van der Waals surface area contributed by atoms with E-state index in [0.29, 0.717) is 6.04 Å². The average molecular weight is 282 g/mol. The minimum atomic E-state index is 0.150. The highest BCUT2D eigenvalue weighted by atomic mass is 16.5. The molecule has 0 radical (unpaired) electrons. The van der Waals surface area contributed by atoms with E-state index in [-0.39, 0.29) is 12.2 Å². The van der Waals surface area contributed by atoms with Crippen molar-refractivity contribution in [2.75, 3.05) is 27.3 Å². The fraction of sp³-hybridized carbons (Fsp3) is 0.733. The van der Waals surface area contributed by atoms with E-state index in [0.717, 1.165) is 31.9 Å². The van der Waals surface area contributed by atoms with Gasteiger partial charge in [0, 0.05) is 45.5 Å². The van der Waals surface area contributed by atoms with Crippen molar-refractivity contribution in [1.29, 1.82) is 0 Å². The van der Waals surface area contributed by atoms with Gasteiger partial charge in [0.15, 0.2) is 0 Å². The molecule has 0 bridgehead atoms. The van der Waals surface area contributed by atoms with Gasteiger partial charge in [-0.25, -0.2) is 0 Å². The summed E-state index contributed by atoms with van der Waals surface area (Å²) in [6.07, 6.45) is 2.14. The van der Waals surface area contributed by atoms with Crippen molar-refractivity contribution in [2.24, 2.45) is 0 Å². The fourth-order valence-electron chi connectivity index (χ4n) is 2.54. The van der Waals surface area contributed by atoms with E-state index in [1.54, 1.807) is 14.2 Å². The van der Waals surface area contributed by atoms with Gasteiger partial charge < -0.3 is 19.2 Å². The van der Waals surface area contributed by atoms with Crippen LogP contribution in [-0.4, -0.2) is 50.5 Å². The second-order valence-corrected chi connectivity index (χ2v) is 5.70. The summed E-state index contributed by atoms with van der Waals surface area (Å²) < 4.78 is 16.5. The molecule has 2 unspecified atom stereocenters. The van der Waals surface area contributed by atoms with Crippen LogP contribution in [0.25, 0.3) is 0 Å². The summed E-state index contributed by atoms with van der Waals surface area (Å²) >= 11 is 0. The number of hydrogen-bond acceptors (Lipinski definition) is 5. The molecule has 0 spiro atoms. The largest absolute Gasteiger partial charge is 0.468 e. The molecule has 1 aromatic heterocycles. The highest BCUT2D eigenvalue weighted by Gasteiger charge is 2.33. The smallest absolute Gasteiger partial charge is 0.118 e. The van der Waals surface area contributed by atoms with Gasteiger partial charge in [0.05, 0.1) is 25.0 Å².